The second-order valence-corrected chi connectivity index (χ2v) is 4.80. The lowest BCUT2D eigenvalue weighted by molar-refractivity contribution is 0.0491. The molecule has 2 N–H and O–H groups in total. The molecule has 1 saturated heterocycles. The lowest BCUT2D eigenvalue weighted by Gasteiger charge is -2.43. The fourth-order valence-corrected chi connectivity index (χ4v) is 2.14. The van der Waals surface area contributed by atoms with Gasteiger partial charge in [-0.05, 0) is 46.2 Å². The number of carboxylic acid groups (broad SMARTS) is 1. The van der Waals surface area contributed by atoms with Crippen LogP contribution in [-0.2, 0) is 0 Å². The van der Waals surface area contributed by atoms with Crippen LogP contribution >= 0.6 is 0 Å². The summed E-state index contributed by atoms with van der Waals surface area (Å²) < 4.78 is 0. The molecule has 1 heterocycles. The van der Waals surface area contributed by atoms with E-state index in [1.54, 1.807) is 4.90 Å². The highest BCUT2D eigenvalue weighted by Crippen LogP contribution is 2.25. The lowest BCUT2D eigenvalue weighted by atomic mass is 9.94. The molecule has 0 aromatic carbocycles. The van der Waals surface area contributed by atoms with Crippen LogP contribution in [0.3, 0.4) is 0 Å². The van der Waals surface area contributed by atoms with Crippen molar-refractivity contribution in [2.75, 3.05) is 13.1 Å². The number of nitrogens with one attached hydrogen (secondary N) is 1. The van der Waals surface area contributed by atoms with Crippen LogP contribution in [-0.4, -0.2) is 40.8 Å². The fraction of sp³-hybridized carbons (Fsp3) is 0.909. The topological polar surface area (TPSA) is 52.6 Å². The summed E-state index contributed by atoms with van der Waals surface area (Å²) in [7, 11) is 0. The molecule has 0 radical (unpaired) electrons. The number of amides is 1. The Labute approximate surface area is 91.6 Å². The second-order valence-electron chi connectivity index (χ2n) is 4.80. The summed E-state index contributed by atoms with van der Waals surface area (Å²) in [6.07, 6.45) is 1.92. The van der Waals surface area contributed by atoms with Crippen LogP contribution in [0.1, 0.15) is 40.0 Å². The van der Waals surface area contributed by atoms with E-state index in [0.717, 1.165) is 32.4 Å². The zero-order valence-electron chi connectivity index (χ0n) is 9.92. The predicted octanol–water partition coefficient (Wildman–Crippen LogP) is 1.91. The van der Waals surface area contributed by atoms with Gasteiger partial charge < -0.3 is 15.3 Å². The van der Waals surface area contributed by atoms with E-state index < -0.39 is 6.09 Å². The summed E-state index contributed by atoms with van der Waals surface area (Å²) in [5.74, 6) is 0. The van der Waals surface area contributed by atoms with Crippen LogP contribution in [0.25, 0.3) is 0 Å². The minimum Gasteiger partial charge on any atom is -0.465 e. The van der Waals surface area contributed by atoms with Gasteiger partial charge >= 0.3 is 6.09 Å². The van der Waals surface area contributed by atoms with Crippen molar-refractivity contribution in [3.8, 4) is 0 Å². The average molecular weight is 214 g/mol. The molecule has 15 heavy (non-hydrogen) atoms. The van der Waals surface area contributed by atoms with Gasteiger partial charge in [-0.3, -0.25) is 0 Å². The van der Waals surface area contributed by atoms with E-state index >= 15 is 0 Å². The van der Waals surface area contributed by atoms with E-state index in [0.29, 0.717) is 0 Å². The molecule has 4 nitrogen and oxygen atoms in total. The molecule has 0 bridgehead atoms. The van der Waals surface area contributed by atoms with Crippen molar-refractivity contribution >= 4 is 6.09 Å². The van der Waals surface area contributed by atoms with Gasteiger partial charge in [0.05, 0.1) is 0 Å². The molecule has 0 atom stereocenters. The van der Waals surface area contributed by atoms with E-state index in [4.69, 9.17) is 0 Å². The minimum absolute atomic E-state index is 0.179. The largest absolute Gasteiger partial charge is 0.465 e. The maximum atomic E-state index is 11.3. The number of hydrogen-bond acceptors (Lipinski definition) is 2. The molecule has 0 aromatic rings. The van der Waals surface area contributed by atoms with Crippen molar-refractivity contribution in [1.82, 2.24) is 10.2 Å². The van der Waals surface area contributed by atoms with Gasteiger partial charge in [0.25, 0.3) is 0 Å². The Balaban J connectivity index is 2.76. The van der Waals surface area contributed by atoms with E-state index in [1.165, 1.54) is 0 Å². The Hall–Kier alpha value is -0.770. The molecule has 1 amide bonds. The van der Waals surface area contributed by atoms with Gasteiger partial charge in [0.15, 0.2) is 0 Å². The second kappa shape index (κ2) is 4.84. The van der Waals surface area contributed by atoms with Gasteiger partial charge in [-0.1, -0.05) is 6.92 Å². The van der Waals surface area contributed by atoms with Gasteiger partial charge in [0, 0.05) is 11.6 Å². The molecule has 1 rings (SSSR count). The van der Waals surface area contributed by atoms with Crippen molar-refractivity contribution in [2.45, 2.75) is 51.6 Å². The van der Waals surface area contributed by atoms with Gasteiger partial charge in [0.2, 0.25) is 0 Å². The van der Waals surface area contributed by atoms with Crippen molar-refractivity contribution in [1.29, 1.82) is 0 Å². The Morgan fingerprint density at radius 1 is 1.47 bits per heavy atom. The lowest BCUT2D eigenvalue weighted by Crippen LogP contribution is -2.55. The SMILES string of the molecule is CCC(C)(C)N(C(=O)O)C1CCNCC1. The normalized spacial score (nSPS) is 18.9. The number of nitrogens with zero attached hydrogens (tertiary/aromatic N) is 1. The molecule has 4 heteroatoms. The first-order valence-corrected chi connectivity index (χ1v) is 5.72. The molecule has 1 fully saturated rings. The molecule has 1 aliphatic rings. The van der Waals surface area contributed by atoms with E-state index in [9.17, 15) is 9.90 Å². The number of hydrogen-bond donors (Lipinski definition) is 2. The molecule has 0 spiro atoms. The zero-order valence-corrected chi connectivity index (χ0v) is 9.92. The van der Waals surface area contributed by atoms with Gasteiger partial charge in [-0.2, -0.15) is 0 Å². The average Bonchev–Trinajstić information content (AvgIpc) is 2.18. The van der Waals surface area contributed by atoms with Crippen molar-refractivity contribution in [2.24, 2.45) is 0 Å². The number of carbonyl (C=O) groups is 1. The Bertz CT molecular complexity index is 223. The van der Waals surface area contributed by atoms with Gasteiger partial charge in [0.1, 0.15) is 0 Å². The van der Waals surface area contributed by atoms with Crippen LogP contribution in [0.15, 0.2) is 0 Å². The summed E-state index contributed by atoms with van der Waals surface area (Å²) in [6.45, 7) is 7.89. The van der Waals surface area contributed by atoms with Crippen LogP contribution in [0.4, 0.5) is 4.79 Å². The molecular formula is C11H22N2O2. The van der Waals surface area contributed by atoms with Crippen molar-refractivity contribution in [3.05, 3.63) is 0 Å². The van der Waals surface area contributed by atoms with E-state index in [1.807, 2.05) is 20.8 Å². The van der Waals surface area contributed by atoms with Gasteiger partial charge in [-0.25, -0.2) is 4.79 Å². The summed E-state index contributed by atoms with van der Waals surface area (Å²) in [5.41, 5.74) is -0.256. The highest BCUT2D eigenvalue weighted by atomic mass is 16.4. The number of rotatable bonds is 3. The smallest absolute Gasteiger partial charge is 0.407 e. The molecule has 1 aliphatic heterocycles. The number of piperidine rings is 1. The molecule has 0 saturated carbocycles. The summed E-state index contributed by atoms with van der Waals surface area (Å²) in [6, 6.07) is 0.179. The first kappa shape index (κ1) is 12.3. The fourth-order valence-electron chi connectivity index (χ4n) is 2.14. The monoisotopic (exact) mass is 214 g/mol. The molecule has 88 valence electrons. The van der Waals surface area contributed by atoms with Crippen LogP contribution in [0.2, 0.25) is 0 Å². The first-order valence-electron chi connectivity index (χ1n) is 5.72. The van der Waals surface area contributed by atoms with Crippen molar-refractivity contribution < 1.29 is 9.90 Å². The minimum atomic E-state index is -0.784. The molecule has 0 aliphatic carbocycles. The maximum absolute atomic E-state index is 11.3. The van der Waals surface area contributed by atoms with E-state index in [-0.39, 0.29) is 11.6 Å². The first-order chi connectivity index (χ1) is 6.99. The van der Waals surface area contributed by atoms with Gasteiger partial charge in [-0.15, -0.1) is 0 Å². The third-order valence-electron chi connectivity index (χ3n) is 3.40. The zero-order chi connectivity index (χ0) is 11.5. The summed E-state index contributed by atoms with van der Waals surface area (Å²) >= 11 is 0. The molecule has 0 aromatic heterocycles. The quantitative estimate of drug-likeness (QED) is 0.754. The summed E-state index contributed by atoms with van der Waals surface area (Å²) in [4.78, 5) is 13.0. The third-order valence-corrected chi connectivity index (χ3v) is 3.40. The molecule has 0 unspecified atom stereocenters. The van der Waals surface area contributed by atoms with E-state index in [2.05, 4.69) is 5.32 Å². The highest BCUT2D eigenvalue weighted by molar-refractivity contribution is 5.66. The predicted molar refractivity (Wildman–Crippen MR) is 60.1 cm³/mol. The summed E-state index contributed by atoms with van der Waals surface area (Å²) in [5, 5.41) is 12.6. The Morgan fingerprint density at radius 3 is 2.40 bits per heavy atom. The van der Waals surface area contributed by atoms with Crippen LogP contribution in [0.5, 0.6) is 0 Å². The van der Waals surface area contributed by atoms with Crippen LogP contribution < -0.4 is 5.32 Å². The Kier molecular flexibility index (Phi) is 3.97. The highest BCUT2D eigenvalue weighted by Gasteiger charge is 2.35. The Morgan fingerprint density at radius 2 is 2.00 bits per heavy atom. The molecular weight excluding hydrogens is 192 g/mol. The maximum Gasteiger partial charge on any atom is 0.407 e. The third kappa shape index (κ3) is 2.84. The standard InChI is InChI=1S/C11H22N2O2/c1-4-11(2,3)13(10(14)15)9-5-7-12-8-6-9/h9,12H,4-8H2,1-3H3,(H,14,15). The van der Waals surface area contributed by atoms with Crippen molar-refractivity contribution in [3.63, 3.8) is 0 Å². The van der Waals surface area contributed by atoms with Crippen LogP contribution in [0, 0.1) is 0 Å².